The number of thioether (sulfide) groups is 1. The lowest BCUT2D eigenvalue weighted by Gasteiger charge is -2.13. The molecule has 1 heterocycles. The van der Waals surface area contributed by atoms with Gasteiger partial charge in [0.05, 0.1) is 10.3 Å². The normalized spacial score (nSPS) is 12.9. The summed E-state index contributed by atoms with van der Waals surface area (Å²) in [4.78, 5) is 16.8. The molecule has 0 saturated carbocycles. The third kappa shape index (κ3) is 4.52. The Morgan fingerprint density at radius 2 is 1.79 bits per heavy atom. The molecule has 0 spiro atoms. The number of nitrogens with zero attached hydrogens (tertiary/aromatic N) is 2. The zero-order valence-corrected chi connectivity index (χ0v) is 17.4. The second kappa shape index (κ2) is 8.30. The zero-order valence-electron chi connectivity index (χ0n) is 15.8. The Kier molecular flexibility index (Phi) is 6.02. The SMILES string of the molecule is C[C@H](Sc1ccc(S(=O)(=O)N(C)C)cn1)C(=O)Nc1ccc2ccccc2c1. The summed E-state index contributed by atoms with van der Waals surface area (Å²) in [6.07, 6.45) is 1.31. The van der Waals surface area contributed by atoms with E-state index in [1.165, 1.54) is 38.1 Å². The molecule has 0 aliphatic carbocycles. The molecule has 3 rings (SSSR count). The molecule has 0 saturated heterocycles. The second-order valence-electron chi connectivity index (χ2n) is 6.43. The predicted octanol–water partition coefficient (Wildman–Crippen LogP) is 3.60. The summed E-state index contributed by atoms with van der Waals surface area (Å²) in [7, 11) is -0.576. The van der Waals surface area contributed by atoms with Crippen LogP contribution in [0, 0.1) is 0 Å². The van der Waals surface area contributed by atoms with E-state index < -0.39 is 15.3 Å². The molecular formula is C20H21N3O3S2. The maximum atomic E-state index is 12.5. The number of pyridine rings is 1. The molecule has 1 N–H and O–H groups in total. The van der Waals surface area contributed by atoms with Crippen molar-refractivity contribution in [3.8, 4) is 0 Å². The van der Waals surface area contributed by atoms with Crippen molar-refractivity contribution in [2.75, 3.05) is 19.4 Å². The smallest absolute Gasteiger partial charge is 0.244 e. The van der Waals surface area contributed by atoms with Crippen LogP contribution in [-0.4, -0.2) is 43.0 Å². The Labute approximate surface area is 169 Å². The lowest BCUT2D eigenvalue weighted by atomic mass is 10.1. The summed E-state index contributed by atoms with van der Waals surface area (Å²) in [6.45, 7) is 1.78. The van der Waals surface area contributed by atoms with Crippen molar-refractivity contribution in [1.29, 1.82) is 0 Å². The number of amides is 1. The van der Waals surface area contributed by atoms with Crippen LogP contribution in [0.25, 0.3) is 10.8 Å². The fourth-order valence-electron chi connectivity index (χ4n) is 2.55. The van der Waals surface area contributed by atoms with Crippen molar-refractivity contribution >= 4 is 44.2 Å². The van der Waals surface area contributed by atoms with Crippen molar-refractivity contribution in [3.05, 3.63) is 60.8 Å². The number of hydrogen-bond acceptors (Lipinski definition) is 5. The molecule has 2 aromatic carbocycles. The van der Waals surface area contributed by atoms with E-state index in [0.717, 1.165) is 20.8 Å². The highest BCUT2D eigenvalue weighted by molar-refractivity contribution is 8.00. The minimum absolute atomic E-state index is 0.120. The number of anilines is 1. The number of sulfonamides is 1. The first-order valence-corrected chi connectivity index (χ1v) is 10.9. The fourth-order valence-corrected chi connectivity index (χ4v) is 4.18. The van der Waals surface area contributed by atoms with Gasteiger partial charge < -0.3 is 5.32 Å². The van der Waals surface area contributed by atoms with Gasteiger partial charge in [-0.15, -0.1) is 0 Å². The Balaban J connectivity index is 1.66. The Morgan fingerprint density at radius 3 is 2.43 bits per heavy atom. The van der Waals surface area contributed by atoms with Gasteiger partial charge in [-0.1, -0.05) is 42.1 Å². The molecule has 6 nitrogen and oxygen atoms in total. The van der Waals surface area contributed by atoms with E-state index in [9.17, 15) is 13.2 Å². The monoisotopic (exact) mass is 415 g/mol. The molecular weight excluding hydrogens is 394 g/mol. The van der Waals surface area contributed by atoms with Gasteiger partial charge in [-0.3, -0.25) is 4.79 Å². The summed E-state index contributed by atoms with van der Waals surface area (Å²) in [5, 5.41) is 5.27. The molecule has 1 amide bonds. The molecule has 3 aromatic rings. The van der Waals surface area contributed by atoms with Gasteiger partial charge >= 0.3 is 0 Å². The Hall–Kier alpha value is -2.42. The van der Waals surface area contributed by atoms with Crippen molar-refractivity contribution in [2.24, 2.45) is 0 Å². The van der Waals surface area contributed by atoms with Gasteiger partial charge in [0.1, 0.15) is 4.90 Å². The summed E-state index contributed by atoms with van der Waals surface area (Å²) in [6, 6.07) is 16.8. The first kappa shape index (κ1) is 20.3. The van der Waals surface area contributed by atoms with Crippen LogP contribution in [-0.2, 0) is 14.8 Å². The molecule has 8 heteroatoms. The standard InChI is InChI=1S/C20H21N3O3S2/c1-14(27-19-11-10-18(13-21-19)28(25,26)23(2)3)20(24)22-17-9-8-15-6-4-5-7-16(15)12-17/h4-14H,1-3H3,(H,22,24)/t14-/m0/s1. The zero-order chi connectivity index (χ0) is 20.3. The highest BCUT2D eigenvalue weighted by Crippen LogP contribution is 2.25. The number of aromatic nitrogens is 1. The summed E-state index contributed by atoms with van der Waals surface area (Å²) < 4.78 is 25.3. The summed E-state index contributed by atoms with van der Waals surface area (Å²) >= 11 is 1.27. The number of hydrogen-bond donors (Lipinski definition) is 1. The van der Waals surface area contributed by atoms with Gasteiger partial charge in [-0.05, 0) is 42.0 Å². The lowest BCUT2D eigenvalue weighted by Crippen LogP contribution is -2.23. The van der Waals surface area contributed by atoms with E-state index in [-0.39, 0.29) is 10.8 Å². The van der Waals surface area contributed by atoms with Crippen LogP contribution in [0.5, 0.6) is 0 Å². The van der Waals surface area contributed by atoms with Crippen LogP contribution in [0.2, 0.25) is 0 Å². The largest absolute Gasteiger partial charge is 0.325 e. The average molecular weight is 416 g/mol. The van der Waals surface area contributed by atoms with Gasteiger partial charge in [-0.25, -0.2) is 17.7 Å². The van der Waals surface area contributed by atoms with Crippen molar-refractivity contribution in [1.82, 2.24) is 9.29 Å². The van der Waals surface area contributed by atoms with Crippen molar-refractivity contribution in [2.45, 2.75) is 22.1 Å². The highest BCUT2D eigenvalue weighted by atomic mass is 32.2. The molecule has 28 heavy (non-hydrogen) atoms. The predicted molar refractivity (Wildman–Crippen MR) is 113 cm³/mol. The minimum Gasteiger partial charge on any atom is -0.325 e. The van der Waals surface area contributed by atoms with E-state index in [4.69, 9.17) is 0 Å². The molecule has 146 valence electrons. The lowest BCUT2D eigenvalue weighted by molar-refractivity contribution is -0.115. The van der Waals surface area contributed by atoms with Crippen LogP contribution < -0.4 is 5.32 Å². The van der Waals surface area contributed by atoms with Gasteiger partial charge in [0.2, 0.25) is 15.9 Å². The molecule has 0 radical (unpaired) electrons. The molecule has 0 bridgehead atoms. The van der Waals surface area contributed by atoms with Gasteiger partial charge in [0, 0.05) is 26.0 Å². The molecule has 0 aliphatic heterocycles. The van der Waals surface area contributed by atoms with Crippen LogP contribution in [0.4, 0.5) is 5.69 Å². The van der Waals surface area contributed by atoms with Crippen LogP contribution in [0.3, 0.4) is 0 Å². The first-order valence-electron chi connectivity index (χ1n) is 8.62. The van der Waals surface area contributed by atoms with Gasteiger partial charge in [-0.2, -0.15) is 0 Å². The summed E-state index contributed by atoms with van der Waals surface area (Å²) in [5.74, 6) is -0.146. The van der Waals surface area contributed by atoms with Gasteiger partial charge in [0.25, 0.3) is 0 Å². The maximum absolute atomic E-state index is 12.5. The third-order valence-corrected chi connectivity index (χ3v) is 7.02. The Morgan fingerprint density at radius 1 is 1.07 bits per heavy atom. The van der Waals surface area contributed by atoms with E-state index in [2.05, 4.69) is 10.3 Å². The van der Waals surface area contributed by atoms with E-state index in [1.807, 2.05) is 42.5 Å². The fraction of sp³-hybridized carbons (Fsp3) is 0.200. The van der Waals surface area contributed by atoms with E-state index >= 15 is 0 Å². The van der Waals surface area contributed by atoms with E-state index in [0.29, 0.717) is 5.03 Å². The van der Waals surface area contributed by atoms with Gasteiger partial charge in [0.15, 0.2) is 0 Å². The summed E-state index contributed by atoms with van der Waals surface area (Å²) in [5.41, 5.74) is 0.733. The van der Waals surface area contributed by atoms with Crippen LogP contribution in [0.15, 0.2) is 70.7 Å². The number of carbonyl (C=O) groups is 1. The van der Waals surface area contributed by atoms with Crippen molar-refractivity contribution in [3.63, 3.8) is 0 Å². The number of carbonyl (C=O) groups excluding carboxylic acids is 1. The highest BCUT2D eigenvalue weighted by Gasteiger charge is 2.19. The number of rotatable bonds is 6. The second-order valence-corrected chi connectivity index (χ2v) is 9.94. The number of benzene rings is 2. The number of fused-ring (bicyclic) bond motifs is 1. The van der Waals surface area contributed by atoms with E-state index in [1.54, 1.807) is 13.0 Å². The molecule has 0 unspecified atom stereocenters. The Bertz CT molecular complexity index is 1100. The topological polar surface area (TPSA) is 79.4 Å². The van der Waals surface area contributed by atoms with Crippen LogP contribution in [0.1, 0.15) is 6.92 Å². The quantitative estimate of drug-likeness (QED) is 0.622. The minimum atomic E-state index is -3.51. The molecule has 1 aromatic heterocycles. The maximum Gasteiger partial charge on any atom is 0.244 e. The first-order chi connectivity index (χ1) is 13.3. The third-order valence-electron chi connectivity index (χ3n) is 4.17. The van der Waals surface area contributed by atoms with Crippen LogP contribution >= 0.6 is 11.8 Å². The molecule has 0 fully saturated rings. The number of nitrogens with one attached hydrogen (secondary N) is 1. The molecule has 1 atom stereocenters. The average Bonchev–Trinajstić information content (AvgIpc) is 2.68. The van der Waals surface area contributed by atoms with Crippen molar-refractivity contribution < 1.29 is 13.2 Å². The molecule has 0 aliphatic rings.